The second kappa shape index (κ2) is 11.2. The summed E-state index contributed by atoms with van der Waals surface area (Å²) in [4.78, 5) is 11.8. The molecule has 1 heterocycles. The molecule has 6 nitrogen and oxygen atoms in total. The largest absolute Gasteiger partial charge is 0.489 e. The van der Waals surface area contributed by atoms with Crippen LogP contribution in [-0.4, -0.2) is 18.2 Å². The van der Waals surface area contributed by atoms with Gasteiger partial charge in [0.2, 0.25) is 0 Å². The van der Waals surface area contributed by atoms with Crippen LogP contribution in [-0.2, 0) is 16.8 Å². The second-order valence-electron chi connectivity index (χ2n) is 10.0. The van der Waals surface area contributed by atoms with Crippen LogP contribution in [0.5, 0.6) is 5.75 Å². The normalized spacial score (nSPS) is 17.9. The number of hydrogen-bond acceptors (Lipinski definition) is 6. The van der Waals surface area contributed by atoms with Gasteiger partial charge in [-0.15, -0.1) is 0 Å². The van der Waals surface area contributed by atoms with Crippen LogP contribution in [0.2, 0.25) is 15.1 Å². The molecule has 1 aliphatic rings. The Morgan fingerprint density at radius 2 is 1.80 bits per heavy atom. The molecule has 4 aromatic rings. The van der Waals surface area contributed by atoms with Crippen molar-refractivity contribution in [2.75, 3.05) is 7.11 Å². The highest BCUT2D eigenvalue weighted by Gasteiger charge is 2.57. The monoisotopic (exact) mass is 594 g/mol. The van der Waals surface area contributed by atoms with E-state index in [1.165, 1.54) is 7.11 Å². The number of ether oxygens (including phenoxy) is 2. The Labute approximate surface area is 247 Å². The molecule has 1 saturated carbocycles. The van der Waals surface area contributed by atoms with E-state index in [0.29, 0.717) is 49.8 Å². The summed E-state index contributed by atoms with van der Waals surface area (Å²) in [5, 5.41) is 15.8. The Hall–Kier alpha value is -3.50. The molecular weight excluding hydrogens is 571 g/mol. The molecule has 0 radical (unpaired) electrons. The highest BCUT2D eigenvalue weighted by molar-refractivity contribution is 6.39. The van der Waals surface area contributed by atoms with Gasteiger partial charge in [0.05, 0.1) is 39.8 Å². The number of carbonyl (C=O) groups is 1. The van der Waals surface area contributed by atoms with Crippen molar-refractivity contribution in [3.05, 3.63) is 104 Å². The Morgan fingerprint density at radius 3 is 2.40 bits per heavy atom. The van der Waals surface area contributed by atoms with Gasteiger partial charge in [-0.05, 0) is 53.9 Å². The van der Waals surface area contributed by atoms with E-state index in [1.54, 1.807) is 48.5 Å². The fraction of sp³-hybridized carbons (Fsp3) is 0.258. The van der Waals surface area contributed by atoms with Crippen LogP contribution in [0.15, 0.2) is 65.2 Å². The highest BCUT2D eigenvalue weighted by atomic mass is 35.5. The van der Waals surface area contributed by atoms with E-state index in [0.717, 1.165) is 16.7 Å². The number of methoxy groups -OCH3 is 1. The first-order chi connectivity index (χ1) is 19.2. The Kier molecular flexibility index (Phi) is 7.83. The van der Waals surface area contributed by atoms with Crippen LogP contribution in [0.1, 0.15) is 64.9 Å². The molecule has 0 spiro atoms. The molecule has 0 amide bonds. The fourth-order valence-corrected chi connectivity index (χ4v) is 5.92. The fourth-order valence-electron chi connectivity index (χ4n) is 5.04. The maximum Gasteiger partial charge on any atom is 0.337 e. The zero-order valence-corrected chi connectivity index (χ0v) is 24.3. The average molecular weight is 596 g/mol. The van der Waals surface area contributed by atoms with Crippen molar-refractivity contribution in [2.45, 2.75) is 44.1 Å². The summed E-state index contributed by atoms with van der Waals surface area (Å²) in [6, 6.07) is 20.2. The predicted molar refractivity (Wildman–Crippen MR) is 154 cm³/mol. The summed E-state index contributed by atoms with van der Waals surface area (Å²) < 4.78 is 16.6. The molecule has 0 aliphatic heterocycles. The van der Waals surface area contributed by atoms with E-state index in [4.69, 9.17) is 48.8 Å². The lowest BCUT2D eigenvalue weighted by Crippen LogP contribution is -2.08. The number of nitrogens with zero attached hydrogens (tertiary/aromatic N) is 2. The topological polar surface area (TPSA) is 85.4 Å². The van der Waals surface area contributed by atoms with E-state index in [1.807, 2.05) is 26.0 Å². The van der Waals surface area contributed by atoms with Crippen molar-refractivity contribution < 1.29 is 18.8 Å². The molecule has 1 aromatic heterocycles. The average Bonchev–Trinajstić information content (AvgIpc) is 3.54. The summed E-state index contributed by atoms with van der Waals surface area (Å²) in [6.07, 6.45) is 0.626. The molecule has 1 aliphatic carbocycles. The van der Waals surface area contributed by atoms with E-state index >= 15 is 0 Å². The second-order valence-corrected chi connectivity index (χ2v) is 11.2. The van der Waals surface area contributed by atoms with Gasteiger partial charge < -0.3 is 14.0 Å². The molecule has 0 N–H and O–H groups in total. The van der Waals surface area contributed by atoms with Crippen LogP contribution < -0.4 is 4.74 Å². The summed E-state index contributed by atoms with van der Waals surface area (Å²) in [5.41, 5.74) is 3.31. The van der Waals surface area contributed by atoms with Crippen LogP contribution in [0, 0.1) is 11.3 Å². The lowest BCUT2D eigenvalue weighted by Gasteiger charge is -2.13. The molecule has 0 bridgehead atoms. The first kappa shape index (κ1) is 28.0. The van der Waals surface area contributed by atoms with Crippen molar-refractivity contribution in [3.8, 4) is 23.1 Å². The van der Waals surface area contributed by atoms with Crippen LogP contribution in [0.25, 0.3) is 11.3 Å². The third kappa shape index (κ3) is 5.06. The minimum atomic E-state index is -0.710. The first-order valence-corrected chi connectivity index (χ1v) is 13.8. The van der Waals surface area contributed by atoms with Gasteiger partial charge in [-0.25, -0.2) is 4.79 Å². The van der Waals surface area contributed by atoms with E-state index in [9.17, 15) is 10.1 Å². The van der Waals surface area contributed by atoms with E-state index < -0.39 is 11.4 Å². The smallest absolute Gasteiger partial charge is 0.337 e. The van der Waals surface area contributed by atoms with Crippen molar-refractivity contribution >= 4 is 40.8 Å². The molecule has 1 fully saturated rings. The van der Waals surface area contributed by atoms with Crippen LogP contribution in [0.3, 0.4) is 0 Å². The Balaban J connectivity index is 1.37. The molecule has 2 unspecified atom stereocenters. The zero-order valence-electron chi connectivity index (χ0n) is 22.0. The van der Waals surface area contributed by atoms with Gasteiger partial charge in [0, 0.05) is 22.4 Å². The van der Waals surface area contributed by atoms with Crippen molar-refractivity contribution in [1.82, 2.24) is 5.16 Å². The molecule has 3 aromatic carbocycles. The number of esters is 1. The summed E-state index contributed by atoms with van der Waals surface area (Å²) in [7, 11) is 1.34. The van der Waals surface area contributed by atoms with Crippen molar-refractivity contribution in [2.24, 2.45) is 0 Å². The summed E-state index contributed by atoms with van der Waals surface area (Å²) in [5.74, 6) is 0.804. The maximum absolute atomic E-state index is 11.8. The molecule has 5 rings (SSSR count). The van der Waals surface area contributed by atoms with E-state index in [2.05, 4.69) is 11.2 Å². The lowest BCUT2D eigenvalue weighted by molar-refractivity contribution is 0.0600. The number of nitriles is 1. The Morgan fingerprint density at radius 1 is 1.10 bits per heavy atom. The minimum absolute atomic E-state index is 0.0581. The van der Waals surface area contributed by atoms with Gasteiger partial charge in [-0.1, -0.05) is 78.1 Å². The molecule has 2 atom stereocenters. The number of benzene rings is 3. The molecule has 9 heteroatoms. The molecule has 40 heavy (non-hydrogen) atoms. The number of carbonyl (C=O) groups excluding carboxylic acids is 1. The van der Waals surface area contributed by atoms with E-state index in [-0.39, 0.29) is 18.4 Å². The zero-order chi connectivity index (χ0) is 28.6. The van der Waals surface area contributed by atoms with Gasteiger partial charge >= 0.3 is 5.97 Å². The number of aromatic nitrogens is 1. The molecular formula is C31H25Cl3N2O4. The van der Waals surface area contributed by atoms with Crippen LogP contribution >= 0.6 is 34.8 Å². The summed E-state index contributed by atoms with van der Waals surface area (Å²) in [6.45, 7) is 4.18. The van der Waals surface area contributed by atoms with Gasteiger partial charge in [-0.2, -0.15) is 5.26 Å². The standard InChI is InChI=1S/C31H25Cl3N2O4/c1-17(2)29-22(28(36-40-29)27-24(32)5-4-6-25(27)33)15-39-20-11-12-21(26(34)13-20)23-14-31(23,16-35)19-9-7-18(8-10-19)30(37)38-3/h4-13,17,23H,14-15H2,1-3H3. The quantitative estimate of drug-likeness (QED) is 0.189. The van der Waals surface area contributed by atoms with Crippen molar-refractivity contribution in [3.63, 3.8) is 0 Å². The predicted octanol–water partition coefficient (Wildman–Crippen LogP) is 8.74. The SMILES string of the molecule is COC(=O)c1ccc(C2(C#N)CC2c2ccc(OCc3c(-c4c(Cl)cccc4Cl)noc3C(C)C)cc2Cl)cc1. The number of hydrogen-bond donors (Lipinski definition) is 0. The highest BCUT2D eigenvalue weighted by Crippen LogP contribution is 2.61. The lowest BCUT2D eigenvalue weighted by atomic mass is 9.91. The van der Waals surface area contributed by atoms with Crippen molar-refractivity contribution in [1.29, 1.82) is 5.26 Å². The summed E-state index contributed by atoms with van der Waals surface area (Å²) >= 11 is 19.6. The third-order valence-electron chi connectivity index (χ3n) is 7.25. The van der Waals surface area contributed by atoms with Gasteiger partial charge in [-0.3, -0.25) is 0 Å². The maximum atomic E-state index is 11.8. The van der Waals surface area contributed by atoms with Crippen LogP contribution in [0.4, 0.5) is 0 Å². The number of halogens is 3. The van der Waals surface area contributed by atoms with Gasteiger partial charge in [0.25, 0.3) is 0 Å². The molecule has 204 valence electrons. The van der Waals surface area contributed by atoms with Gasteiger partial charge in [0.1, 0.15) is 23.8 Å². The minimum Gasteiger partial charge on any atom is -0.489 e. The number of rotatable bonds is 8. The molecule has 0 saturated heterocycles. The van der Waals surface area contributed by atoms with Gasteiger partial charge in [0.15, 0.2) is 0 Å². The first-order valence-electron chi connectivity index (χ1n) is 12.6. The third-order valence-corrected chi connectivity index (χ3v) is 8.21. The Bertz CT molecular complexity index is 1600.